The molecule has 6 nitrogen and oxygen atoms in total. The van der Waals surface area contributed by atoms with E-state index in [4.69, 9.17) is 21.2 Å². The van der Waals surface area contributed by atoms with Crippen molar-refractivity contribution in [3.63, 3.8) is 0 Å². The number of halogens is 1. The van der Waals surface area contributed by atoms with Crippen molar-refractivity contribution in [3.05, 3.63) is 71.0 Å². The van der Waals surface area contributed by atoms with Crippen molar-refractivity contribution in [2.24, 2.45) is 0 Å². The van der Waals surface area contributed by atoms with Crippen molar-refractivity contribution in [2.75, 3.05) is 32.4 Å². The van der Waals surface area contributed by atoms with Gasteiger partial charge in [0.1, 0.15) is 17.6 Å². The Kier molecular flexibility index (Phi) is 4.05. The molecule has 0 aliphatic heterocycles. The molecule has 3 rings (SSSR count). The van der Waals surface area contributed by atoms with Crippen LogP contribution in [-0.4, -0.2) is 42.8 Å². The first kappa shape index (κ1) is 12.5. The zero-order valence-electron chi connectivity index (χ0n) is 30.0. The number of ketones is 1. The van der Waals surface area contributed by atoms with E-state index in [0.717, 1.165) is 7.05 Å². The van der Waals surface area contributed by atoms with Crippen LogP contribution in [0.4, 0.5) is 15.8 Å². The largest absolute Gasteiger partial charge is 0.494 e. The minimum absolute atomic E-state index is 0.0613. The topological polar surface area (TPSA) is 78.2 Å². The number of nitrogens with zero attached hydrogens (tertiary/aromatic N) is 3. The number of nitrogens with one attached hydrogen (secondary N) is 1. The van der Waals surface area contributed by atoms with E-state index in [9.17, 15) is 14.4 Å². The number of aromatic nitrogens is 1. The average Bonchev–Trinajstić information content (AvgIpc) is 2.96. The monoisotopic (exact) mass is 458 g/mol. The number of carbonyl (C=O) groups is 1. The number of anilines is 2. The summed E-state index contributed by atoms with van der Waals surface area (Å²) < 4.78 is 117. The Morgan fingerprint density at radius 1 is 1.48 bits per heavy atom. The predicted molar refractivity (Wildman–Crippen MR) is 128 cm³/mol. The Balaban J connectivity index is 2.34. The van der Waals surface area contributed by atoms with Gasteiger partial charge >= 0.3 is 0 Å². The highest BCUT2D eigenvalue weighted by molar-refractivity contribution is 5.98. The van der Waals surface area contributed by atoms with Gasteiger partial charge in [-0.15, -0.1) is 0 Å². The fourth-order valence-electron chi connectivity index (χ4n) is 2.76. The summed E-state index contributed by atoms with van der Waals surface area (Å²) >= 11 is 0. The highest BCUT2D eigenvalue weighted by Crippen LogP contribution is 2.34. The van der Waals surface area contributed by atoms with Crippen molar-refractivity contribution < 1.29 is 30.4 Å². The van der Waals surface area contributed by atoms with E-state index in [1.165, 1.54) is 6.92 Å². The smallest absolute Gasteiger partial charge is 0.159 e. The van der Waals surface area contributed by atoms with Gasteiger partial charge in [0.05, 0.1) is 33.0 Å². The number of rotatable bonds is 9. The summed E-state index contributed by atoms with van der Waals surface area (Å²) in [6.45, 7) is -2.97. The van der Waals surface area contributed by atoms with Gasteiger partial charge in [-0.3, -0.25) is 9.78 Å². The van der Waals surface area contributed by atoms with Gasteiger partial charge in [-0.1, -0.05) is 6.08 Å². The minimum atomic E-state index is -2.90. The molecular weight excluding hydrogens is 419 g/mol. The number of ether oxygens (including phenoxy) is 1. The normalized spacial score (nSPS) is 17.5. The second-order valence-electron chi connectivity index (χ2n) is 6.69. The number of benzene rings is 2. The van der Waals surface area contributed by atoms with Gasteiger partial charge in [-0.25, -0.2) is 4.39 Å². The van der Waals surface area contributed by atoms with E-state index in [-0.39, 0.29) is 40.1 Å². The molecule has 1 N–H and O–H groups in total. The second-order valence-corrected chi connectivity index (χ2v) is 6.69. The summed E-state index contributed by atoms with van der Waals surface area (Å²) in [6.07, 6.45) is -0.987. The van der Waals surface area contributed by atoms with Crippen LogP contribution < -0.4 is 10.1 Å². The third kappa shape index (κ3) is 5.93. The molecule has 0 fully saturated rings. The van der Waals surface area contributed by atoms with Crippen molar-refractivity contribution in [3.8, 4) is 11.8 Å². The maximum Gasteiger partial charge on any atom is 0.159 e. The number of hydrogen-bond donors (Lipinski definition) is 1. The Bertz CT molecular complexity index is 1760. The first-order valence-electron chi connectivity index (χ1n) is 15.7. The van der Waals surface area contributed by atoms with E-state index in [1.807, 2.05) is 0 Å². The van der Waals surface area contributed by atoms with Crippen LogP contribution in [0.25, 0.3) is 10.9 Å². The highest BCUT2D eigenvalue weighted by Gasteiger charge is 2.16. The lowest BCUT2D eigenvalue weighted by Crippen LogP contribution is -2.11. The molecule has 0 radical (unpaired) electrons. The third-order valence-electron chi connectivity index (χ3n) is 4.22. The van der Waals surface area contributed by atoms with Crippen LogP contribution in [0.2, 0.25) is 0 Å². The molecule has 0 aliphatic carbocycles. The summed E-state index contributed by atoms with van der Waals surface area (Å²) in [6, 6.07) is -2.46. The molecule has 3 aromatic rings. The summed E-state index contributed by atoms with van der Waals surface area (Å²) in [5.41, 5.74) is -2.23. The highest BCUT2D eigenvalue weighted by atomic mass is 19.1. The molecule has 1 aromatic heterocycles. The van der Waals surface area contributed by atoms with Crippen molar-refractivity contribution in [1.29, 1.82) is 5.26 Å². The maximum absolute atomic E-state index is 14.4. The number of allylic oxidation sites excluding steroid dienone is 1. The van der Waals surface area contributed by atoms with Crippen LogP contribution in [0.5, 0.6) is 5.75 Å². The van der Waals surface area contributed by atoms with Crippen LogP contribution in [-0.2, 0) is 11.2 Å². The molecule has 0 saturated carbocycles. The molecule has 0 aliphatic rings. The van der Waals surface area contributed by atoms with Crippen molar-refractivity contribution >= 4 is 28.1 Å². The maximum atomic E-state index is 14.4. The van der Waals surface area contributed by atoms with Gasteiger partial charge in [-0.05, 0) is 63.7 Å². The Labute approximate surface area is 210 Å². The van der Waals surface area contributed by atoms with Crippen LogP contribution in [0.3, 0.4) is 0 Å². The molecule has 0 atom stereocenters. The molecule has 1 heterocycles. The number of pyridine rings is 1. The molecule has 0 saturated heterocycles. The zero-order valence-corrected chi connectivity index (χ0v) is 18.0. The molecule has 7 heteroatoms. The zero-order chi connectivity index (χ0) is 34.3. The number of carbonyl (C=O) groups excluding carboxylic acids is 1. The van der Waals surface area contributed by atoms with Gasteiger partial charge in [0, 0.05) is 48.6 Å². The van der Waals surface area contributed by atoms with Crippen LogP contribution in [0, 0.1) is 24.1 Å². The van der Waals surface area contributed by atoms with Crippen molar-refractivity contribution in [2.45, 2.75) is 20.3 Å². The van der Waals surface area contributed by atoms with E-state index >= 15 is 0 Å². The van der Waals surface area contributed by atoms with Gasteiger partial charge in [0.2, 0.25) is 0 Å². The fourth-order valence-corrected chi connectivity index (χ4v) is 2.76. The summed E-state index contributed by atoms with van der Waals surface area (Å²) in [5, 5.41) is 12.2. The third-order valence-corrected chi connectivity index (χ3v) is 4.22. The molecule has 170 valence electrons. The van der Waals surface area contributed by atoms with E-state index < -0.39 is 85.2 Å². The lowest BCUT2D eigenvalue weighted by atomic mass is 10.0. The minimum Gasteiger partial charge on any atom is -0.494 e. The van der Waals surface area contributed by atoms with Gasteiger partial charge in [-0.2, -0.15) is 5.26 Å². The standard InChI is InChI=1S/C26H27FN4O2/c1-5-33-25-14-24-22(13-18(25)12-21(32)7-6-10-31(3)4)26(19(15-28)16-29-24)30-20-8-9-23(27)17(2)11-20/h6-9,11,13-14,16H,5,10,12H2,1-4H3,(H,29,30)/b7-6+/i3D3,7D,8D,9D,10D2,11D,13D,14D,16D. The Hall–Kier alpha value is -3.76. The van der Waals surface area contributed by atoms with E-state index in [2.05, 4.69) is 10.3 Å². The number of nitriles is 1. The van der Waals surface area contributed by atoms with Gasteiger partial charge in [0.15, 0.2) is 5.78 Å². The summed E-state index contributed by atoms with van der Waals surface area (Å²) in [5.74, 6) is -2.52. The molecular formula is C26H27FN4O2. The molecule has 33 heavy (non-hydrogen) atoms. The molecule has 0 spiro atoms. The van der Waals surface area contributed by atoms with Crippen LogP contribution >= 0.6 is 0 Å². The molecule has 0 amide bonds. The number of hydrogen-bond acceptors (Lipinski definition) is 6. The Morgan fingerprint density at radius 3 is 3.03 bits per heavy atom. The quantitative estimate of drug-likeness (QED) is 0.458. The van der Waals surface area contributed by atoms with E-state index in [1.54, 1.807) is 13.0 Å². The summed E-state index contributed by atoms with van der Waals surface area (Å²) in [7, 11) is 0.942. The van der Waals surface area contributed by atoms with Gasteiger partial charge in [0.25, 0.3) is 0 Å². The lowest BCUT2D eigenvalue weighted by Gasteiger charge is -2.15. The molecule has 0 bridgehead atoms. The number of likely N-dealkylation sites (N-methyl/N-ethyl adjacent to an activating group) is 1. The van der Waals surface area contributed by atoms with Crippen molar-refractivity contribution in [1.82, 2.24) is 9.88 Å². The first-order valence-corrected chi connectivity index (χ1v) is 9.69. The van der Waals surface area contributed by atoms with Crippen LogP contribution in [0.1, 0.15) is 40.1 Å². The number of fused-ring (bicyclic) bond motifs is 1. The van der Waals surface area contributed by atoms with Gasteiger partial charge < -0.3 is 15.0 Å². The van der Waals surface area contributed by atoms with E-state index in [0.29, 0.717) is 11.0 Å². The fraction of sp³-hybridized carbons (Fsp3) is 0.269. The SMILES string of the molecule is [2H]/C(=C\C([2H])([2H])N(C)C([2H])([2H])[2H])C(=O)Cc1c(OCC)c([2H])c2nc([2H])c(C#N)c(Nc3c([2H])c([2H])c(F)c(C)c3[2H])c2c1[2H]. The summed E-state index contributed by atoms with van der Waals surface area (Å²) in [4.78, 5) is 17.5. The molecule has 2 aromatic carbocycles. The molecule has 0 unspecified atom stereocenters. The average molecular weight is 459 g/mol. The van der Waals surface area contributed by atoms with Crippen LogP contribution in [0.15, 0.2) is 48.5 Å². The first-order chi connectivity index (χ1) is 20.7. The lowest BCUT2D eigenvalue weighted by molar-refractivity contribution is -0.114. The second kappa shape index (κ2) is 10.7. The Morgan fingerprint density at radius 2 is 2.30 bits per heavy atom. The predicted octanol–water partition coefficient (Wildman–Crippen LogP) is 4.93.